The molecule has 2 heterocycles. The van der Waals surface area contributed by atoms with Crippen molar-refractivity contribution >= 4 is 16.0 Å². The number of fused-ring (bicyclic) bond motifs is 4. The smallest absolute Gasteiger partial charge is 0.243 e. The normalized spacial score (nSPS) is 16.6. The summed E-state index contributed by atoms with van der Waals surface area (Å²) in [4.78, 5) is 9.47. The zero-order valence-electron chi connectivity index (χ0n) is 20.6. The zero-order chi connectivity index (χ0) is 25.5. The molecule has 6 rings (SSSR count). The number of nitrogens with one attached hydrogen (secondary N) is 1. The Bertz CT molecular complexity index is 1530. The van der Waals surface area contributed by atoms with E-state index in [1.165, 1.54) is 5.56 Å². The van der Waals surface area contributed by atoms with Crippen LogP contribution in [0.2, 0.25) is 0 Å². The molecule has 0 atom stereocenters. The second-order valence-corrected chi connectivity index (χ2v) is 11.5. The molecule has 1 spiro atoms. The second-order valence-electron chi connectivity index (χ2n) is 9.61. The summed E-state index contributed by atoms with van der Waals surface area (Å²) in [7, 11) is -1.79. The number of anilines is 1. The van der Waals surface area contributed by atoms with Crippen molar-refractivity contribution < 1.29 is 13.2 Å². The molecule has 1 N–H and O–H groups in total. The summed E-state index contributed by atoms with van der Waals surface area (Å²) in [5.74, 6) is 1.91. The topological polar surface area (TPSA) is 84.4 Å². The molecule has 3 aromatic carbocycles. The summed E-state index contributed by atoms with van der Waals surface area (Å²) < 4.78 is 34.4. The minimum Gasteiger partial charge on any atom is -0.457 e. The molecule has 1 saturated heterocycles. The summed E-state index contributed by atoms with van der Waals surface area (Å²) in [5, 5.41) is 3.03. The lowest BCUT2D eigenvalue weighted by Gasteiger charge is -2.45. The standard InChI is InChI=1S/C29H28N4O3S/c1-30-28-31-20-21-19-29(26-10-6-5-9-25(26)27(21)32-28)15-17-33(18-16-29)37(34,35)24-13-11-23(12-14-24)36-22-7-3-2-4-8-22/h2-14,20H,15-19H2,1H3,(H,30,31,32). The third-order valence-corrected chi connectivity index (χ3v) is 9.40. The zero-order valence-corrected chi connectivity index (χ0v) is 21.4. The van der Waals surface area contributed by atoms with E-state index in [-0.39, 0.29) is 10.3 Å². The fraction of sp³-hybridized carbons (Fsp3) is 0.241. The molecule has 8 heteroatoms. The summed E-state index contributed by atoms with van der Waals surface area (Å²) in [6.45, 7) is 0.924. The second kappa shape index (κ2) is 9.28. The molecule has 1 aromatic heterocycles. The number of hydrogen-bond acceptors (Lipinski definition) is 6. The molecule has 0 saturated carbocycles. The first-order chi connectivity index (χ1) is 18.0. The molecule has 1 aliphatic carbocycles. The van der Waals surface area contributed by atoms with Crippen LogP contribution in [-0.4, -0.2) is 42.8 Å². The Hall–Kier alpha value is -3.75. The Labute approximate surface area is 217 Å². The van der Waals surface area contributed by atoms with E-state index in [2.05, 4.69) is 28.5 Å². The number of rotatable bonds is 5. The van der Waals surface area contributed by atoms with Crippen LogP contribution in [0.5, 0.6) is 11.5 Å². The molecule has 0 radical (unpaired) electrons. The average Bonchev–Trinajstić information content (AvgIpc) is 2.94. The minimum absolute atomic E-state index is 0.131. The van der Waals surface area contributed by atoms with Gasteiger partial charge in [-0.25, -0.2) is 18.4 Å². The molecular weight excluding hydrogens is 484 g/mol. The van der Waals surface area contributed by atoms with E-state index in [1.807, 2.05) is 49.6 Å². The molecule has 0 unspecified atom stereocenters. The predicted molar refractivity (Wildman–Crippen MR) is 143 cm³/mol. The average molecular weight is 513 g/mol. The van der Waals surface area contributed by atoms with Crippen LogP contribution < -0.4 is 10.1 Å². The number of para-hydroxylation sites is 1. The van der Waals surface area contributed by atoms with E-state index in [0.29, 0.717) is 30.5 Å². The molecule has 37 heavy (non-hydrogen) atoms. The summed E-state index contributed by atoms with van der Waals surface area (Å²) in [6, 6.07) is 24.5. The van der Waals surface area contributed by atoms with Crippen molar-refractivity contribution in [1.29, 1.82) is 0 Å². The highest BCUT2D eigenvalue weighted by molar-refractivity contribution is 7.89. The van der Waals surface area contributed by atoms with Gasteiger partial charge in [-0.05, 0) is 66.8 Å². The van der Waals surface area contributed by atoms with Gasteiger partial charge in [0.25, 0.3) is 0 Å². The van der Waals surface area contributed by atoms with Crippen molar-refractivity contribution in [2.45, 2.75) is 29.6 Å². The van der Waals surface area contributed by atoms with E-state index in [0.717, 1.165) is 36.1 Å². The highest BCUT2D eigenvalue weighted by Crippen LogP contribution is 2.48. The third kappa shape index (κ3) is 4.26. The lowest BCUT2D eigenvalue weighted by Crippen LogP contribution is -2.47. The van der Waals surface area contributed by atoms with E-state index in [9.17, 15) is 8.42 Å². The van der Waals surface area contributed by atoms with Crippen molar-refractivity contribution in [3.63, 3.8) is 0 Å². The van der Waals surface area contributed by atoms with Crippen molar-refractivity contribution in [1.82, 2.24) is 14.3 Å². The van der Waals surface area contributed by atoms with Gasteiger partial charge in [0, 0.05) is 37.3 Å². The highest BCUT2D eigenvalue weighted by Gasteiger charge is 2.44. The molecule has 188 valence electrons. The first kappa shape index (κ1) is 23.6. The van der Waals surface area contributed by atoms with Crippen LogP contribution >= 0.6 is 0 Å². The SMILES string of the molecule is CNc1ncc2c(n1)-c1ccccc1C1(CCN(S(=O)(=O)c3ccc(Oc4ccccc4)cc3)CC1)C2. The fourth-order valence-corrected chi connectivity index (χ4v) is 7.00. The number of aromatic nitrogens is 2. The van der Waals surface area contributed by atoms with Crippen LogP contribution in [0.1, 0.15) is 24.0 Å². The maximum absolute atomic E-state index is 13.5. The molecular formula is C29H28N4O3S. The predicted octanol–water partition coefficient (Wildman–Crippen LogP) is 5.26. The van der Waals surface area contributed by atoms with Crippen LogP contribution in [0.3, 0.4) is 0 Å². The van der Waals surface area contributed by atoms with E-state index in [4.69, 9.17) is 9.72 Å². The van der Waals surface area contributed by atoms with Crippen molar-refractivity contribution in [3.8, 4) is 22.8 Å². The van der Waals surface area contributed by atoms with Crippen molar-refractivity contribution in [2.24, 2.45) is 0 Å². The first-order valence-electron chi connectivity index (χ1n) is 12.5. The van der Waals surface area contributed by atoms with E-state index in [1.54, 1.807) is 28.6 Å². The van der Waals surface area contributed by atoms with Crippen LogP contribution in [-0.2, 0) is 21.9 Å². The number of benzene rings is 3. The van der Waals surface area contributed by atoms with Crippen LogP contribution in [0.25, 0.3) is 11.3 Å². The Balaban J connectivity index is 1.22. The minimum atomic E-state index is -3.61. The summed E-state index contributed by atoms with van der Waals surface area (Å²) in [5.41, 5.74) is 4.32. The Kier molecular flexibility index (Phi) is 5.93. The highest BCUT2D eigenvalue weighted by atomic mass is 32.2. The largest absolute Gasteiger partial charge is 0.457 e. The van der Waals surface area contributed by atoms with Crippen molar-refractivity contribution in [2.75, 3.05) is 25.5 Å². The summed E-state index contributed by atoms with van der Waals surface area (Å²) in [6.07, 6.45) is 4.20. The number of hydrogen-bond donors (Lipinski definition) is 1. The quantitative estimate of drug-likeness (QED) is 0.393. The fourth-order valence-electron chi connectivity index (χ4n) is 5.56. The Morgan fingerprint density at radius 2 is 1.57 bits per heavy atom. The molecule has 7 nitrogen and oxygen atoms in total. The molecule has 4 aromatic rings. The van der Waals surface area contributed by atoms with Gasteiger partial charge in [-0.3, -0.25) is 0 Å². The van der Waals surface area contributed by atoms with Crippen LogP contribution in [0, 0.1) is 0 Å². The molecule has 0 bridgehead atoms. The van der Waals surface area contributed by atoms with Gasteiger partial charge in [0.15, 0.2) is 0 Å². The molecule has 2 aliphatic rings. The lowest BCUT2D eigenvalue weighted by molar-refractivity contribution is 0.229. The van der Waals surface area contributed by atoms with Gasteiger partial charge < -0.3 is 10.1 Å². The maximum Gasteiger partial charge on any atom is 0.243 e. The molecule has 1 aliphatic heterocycles. The summed E-state index contributed by atoms with van der Waals surface area (Å²) >= 11 is 0. The van der Waals surface area contributed by atoms with Gasteiger partial charge in [0.2, 0.25) is 16.0 Å². The van der Waals surface area contributed by atoms with Gasteiger partial charge >= 0.3 is 0 Å². The monoisotopic (exact) mass is 512 g/mol. The lowest BCUT2D eigenvalue weighted by atomic mass is 9.64. The number of nitrogens with zero attached hydrogens (tertiary/aromatic N) is 3. The number of ether oxygens (including phenoxy) is 1. The van der Waals surface area contributed by atoms with Gasteiger partial charge in [0.1, 0.15) is 11.5 Å². The molecule has 0 amide bonds. The van der Waals surface area contributed by atoms with Gasteiger partial charge in [-0.15, -0.1) is 0 Å². The van der Waals surface area contributed by atoms with Gasteiger partial charge in [-0.2, -0.15) is 4.31 Å². The van der Waals surface area contributed by atoms with Gasteiger partial charge in [0.05, 0.1) is 10.6 Å². The van der Waals surface area contributed by atoms with Crippen LogP contribution in [0.15, 0.2) is 90.0 Å². The van der Waals surface area contributed by atoms with Crippen molar-refractivity contribution in [3.05, 3.63) is 96.2 Å². The maximum atomic E-state index is 13.5. The van der Waals surface area contributed by atoms with E-state index < -0.39 is 10.0 Å². The molecule has 1 fully saturated rings. The van der Waals surface area contributed by atoms with Gasteiger partial charge in [-0.1, -0.05) is 42.5 Å². The number of piperidine rings is 1. The number of sulfonamides is 1. The third-order valence-electron chi connectivity index (χ3n) is 7.49. The van der Waals surface area contributed by atoms with E-state index >= 15 is 0 Å². The first-order valence-corrected chi connectivity index (χ1v) is 13.9. The van der Waals surface area contributed by atoms with Crippen LogP contribution in [0.4, 0.5) is 5.95 Å². The Morgan fingerprint density at radius 3 is 2.30 bits per heavy atom. The Morgan fingerprint density at radius 1 is 0.892 bits per heavy atom.